The third-order valence-electron chi connectivity index (χ3n) is 4.05. The van der Waals surface area contributed by atoms with Crippen molar-refractivity contribution in [1.29, 1.82) is 0 Å². The molecule has 1 atom stereocenters. The zero-order valence-corrected chi connectivity index (χ0v) is 13.8. The van der Waals surface area contributed by atoms with Gasteiger partial charge in [0.2, 0.25) is 0 Å². The maximum atomic E-state index is 13.4. The van der Waals surface area contributed by atoms with Gasteiger partial charge in [-0.25, -0.2) is 4.39 Å². The second-order valence-electron chi connectivity index (χ2n) is 5.77. The number of aromatic nitrogens is 2. The zero-order valence-electron chi connectivity index (χ0n) is 13.0. The summed E-state index contributed by atoms with van der Waals surface area (Å²) < 4.78 is 14.9. The Labute approximate surface area is 139 Å². The van der Waals surface area contributed by atoms with Crippen LogP contribution in [0.1, 0.15) is 17.4 Å². The molecule has 23 heavy (non-hydrogen) atoms. The van der Waals surface area contributed by atoms with Gasteiger partial charge in [-0.05, 0) is 25.1 Å². The van der Waals surface area contributed by atoms with Crippen LogP contribution in [0.4, 0.5) is 10.1 Å². The van der Waals surface area contributed by atoms with E-state index in [0.717, 1.165) is 5.69 Å². The Morgan fingerprint density at radius 2 is 2.17 bits per heavy atom. The first kappa shape index (κ1) is 15.8. The van der Waals surface area contributed by atoms with Crippen molar-refractivity contribution < 1.29 is 9.18 Å². The fourth-order valence-corrected chi connectivity index (χ4v) is 3.17. The highest BCUT2D eigenvalue weighted by molar-refractivity contribution is 6.33. The van der Waals surface area contributed by atoms with Crippen LogP contribution in [0.3, 0.4) is 0 Å². The number of aryl methyl sites for hydroxylation is 1. The molecule has 2 aromatic rings. The minimum Gasteiger partial charge on any atom is -0.368 e. The van der Waals surface area contributed by atoms with Crippen LogP contribution in [0, 0.1) is 5.82 Å². The third-order valence-corrected chi connectivity index (χ3v) is 4.33. The highest BCUT2D eigenvalue weighted by atomic mass is 35.5. The van der Waals surface area contributed by atoms with Gasteiger partial charge < -0.3 is 9.80 Å². The molecule has 3 rings (SSSR count). The lowest BCUT2D eigenvalue weighted by atomic mass is 10.1. The summed E-state index contributed by atoms with van der Waals surface area (Å²) in [6, 6.07) is 6.50. The first-order valence-corrected chi connectivity index (χ1v) is 7.84. The van der Waals surface area contributed by atoms with E-state index < -0.39 is 0 Å². The van der Waals surface area contributed by atoms with Crippen LogP contribution in [0.15, 0.2) is 30.5 Å². The summed E-state index contributed by atoms with van der Waals surface area (Å²) in [7, 11) is 1.73. The largest absolute Gasteiger partial charge is 0.368 e. The van der Waals surface area contributed by atoms with Crippen molar-refractivity contribution in [3.8, 4) is 0 Å². The highest BCUT2D eigenvalue weighted by Gasteiger charge is 2.30. The average molecular weight is 337 g/mol. The molecule has 0 aliphatic carbocycles. The van der Waals surface area contributed by atoms with Crippen LogP contribution < -0.4 is 4.90 Å². The number of rotatable bonds is 2. The minimum absolute atomic E-state index is 0.0161. The fraction of sp³-hybridized carbons (Fsp3) is 0.375. The molecule has 0 bridgehead atoms. The molecule has 1 aliphatic rings. The Kier molecular flexibility index (Phi) is 4.26. The molecule has 5 nitrogen and oxygen atoms in total. The second kappa shape index (κ2) is 6.20. The fourth-order valence-electron chi connectivity index (χ4n) is 2.91. The molecule has 1 aromatic carbocycles. The Balaban J connectivity index is 1.74. The molecule has 1 saturated heterocycles. The number of carbonyl (C=O) groups is 1. The molecule has 1 fully saturated rings. The molecule has 0 saturated carbocycles. The lowest BCUT2D eigenvalue weighted by Gasteiger charge is -2.40. The number of carbonyl (C=O) groups excluding carboxylic acids is 1. The first-order valence-electron chi connectivity index (χ1n) is 7.46. The number of amides is 1. The molecular formula is C16H18ClFN4O. The summed E-state index contributed by atoms with van der Waals surface area (Å²) in [5, 5.41) is 4.50. The van der Waals surface area contributed by atoms with E-state index in [4.69, 9.17) is 11.6 Å². The summed E-state index contributed by atoms with van der Waals surface area (Å²) in [5.74, 6) is -0.420. The molecule has 122 valence electrons. The SMILES string of the molecule is CC1CN(c2cccc(F)c2)CCN1C(=O)c1nn(C)cc1Cl. The quantitative estimate of drug-likeness (QED) is 0.846. The Hall–Kier alpha value is -2.08. The van der Waals surface area contributed by atoms with Crippen LogP contribution in [0.2, 0.25) is 5.02 Å². The molecule has 1 aliphatic heterocycles. The number of benzene rings is 1. The van der Waals surface area contributed by atoms with Gasteiger partial charge in [0.25, 0.3) is 5.91 Å². The Bertz CT molecular complexity index is 733. The molecule has 0 spiro atoms. The van der Waals surface area contributed by atoms with Gasteiger partial charge in [0.15, 0.2) is 5.69 Å². The van der Waals surface area contributed by atoms with E-state index in [9.17, 15) is 9.18 Å². The third kappa shape index (κ3) is 3.17. The number of piperazine rings is 1. The van der Waals surface area contributed by atoms with Crippen LogP contribution in [0.5, 0.6) is 0 Å². The van der Waals surface area contributed by atoms with Crippen LogP contribution in [-0.4, -0.2) is 46.3 Å². The normalized spacial score (nSPS) is 18.3. The monoisotopic (exact) mass is 336 g/mol. The van der Waals surface area contributed by atoms with Gasteiger partial charge in [-0.2, -0.15) is 5.10 Å². The molecular weight excluding hydrogens is 319 g/mol. The van der Waals surface area contributed by atoms with Crippen molar-refractivity contribution in [3.05, 3.63) is 47.0 Å². The topological polar surface area (TPSA) is 41.4 Å². The number of nitrogens with zero attached hydrogens (tertiary/aromatic N) is 4. The molecule has 0 radical (unpaired) electrons. The summed E-state index contributed by atoms with van der Waals surface area (Å²) in [6.07, 6.45) is 1.61. The Morgan fingerprint density at radius 1 is 1.39 bits per heavy atom. The number of hydrogen-bond acceptors (Lipinski definition) is 3. The van der Waals surface area contributed by atoms with Gasteiger partial charge >= 0.3 is 0 Å². The van der Waals surface area contributed by atoms with Gasteiger partial charge in [-0.3, -0.25) is 9.48 Å². The molecule has 7 heteroatoms. The zero-order chi connectivity index (χ0) is 16.6. The van der Waals surface area contributed by atoms with Gasteiger partial charge in [-0.1, -0.05) is 17.7 Å². The Morgan fingerprint density at radius 3 is 2.78 bits per heavy atom. The van der Waals surface area contributed by atoms with Crippen molar-refractivity contribution in [3.63, 3.8) is 0 Å². The van der Waals surface area contributed by atoms with Crippen LogP contribution >= 0.6 is 11.6 Å². The summed E-state index contributed by atoms with van der Waals surface area (Å²) in [6.45, 7) is 3.80. The molecule has 1 amide bonds. The molecule has 0 N–H and O–H groups in total. The van der Waals surface area contributed by atoms with E-state index in [1.54, 1.807) is 24.2 Å². The average Bonchev–Trinajstić information content (AvgIpc) is 2.85. The lowest BCUT2D eigenvalue weighted by molar-refractivity contribution is 0.0667. The van der Waals surface area contributed by atoms with Gasteiger partial charge in [0, 0.05) is 44.6 Å². The predicted molar refractivity (Wildman–Crippen MR) is 87.3 cm³/mol. The maximum absolute atomic E-state index is 13.4. The number of anilines is 1. The first-order chi connectivity index (χ1) is 11.0. The van der Waals surface area contributed by atoms with Crippen LogP contribution in [-0.2, 0) is 7.05 Å². The van der Waals surface area contributed by atoms with E-state index in [-0.39, 0.29) is 23.5 Å². The smallest absolute Gasteiger partial charge is 0.276 e. The van der Waals surface area contributed by atoms with Gasteiger partial charge in [0.1, 0.15) is 5.82 Å². The van der Waals surface area contributed by atoms with Gasteiger partial charge in [0.05, 0.1) is 5.02 Å². The minimum atomic E-state index is -0.256. The van der Waals surface area contributed by atoms with Crippen molar-refractivity contribution in [2.75, 3.05) is 24.5 Å². The predicted octanol–water partition coefficient (Wildman–Crippen LogP) is 2.56. The molecule has 2 heterocycles. The van der Waals surface area contributed by atoms with E-state index in [0.29, 0.717) is 24.7 Å². The van der Waals surface area contributed by atoms with E-state index in [2.05, 4.69) is 10.00 Å². The summed E-state index contributed by atoms with van der Waals surface area (Å²) in [4.78, 5) is 16.5. The van der Waals surface area contributed by atoms with E-state index in [1.165, 1.54) is 16.8 Å². The van der Waals surface area contributed by atoms with Crippen molar-refractivity contribution >= 4 is 23.2 Å². The van der Waals surface area contributed by atoms with Gasteiger partial charge in [-0.15, -0.1) is 0 Å². The molecule has 1 aromatic heterocycles. The van der Waals surface area contributed by atoms with Crippen molar-refractivity contribution in [1.82, 2.24) is 14.7 Å². The summed E-state index contributed by atoms with van der Waals surface area (Å²) in [5.41, 5.74) is 1.11. The van der Waals surface area contributed by atoms with E-state index in [1.807, 2.05) is 13.0 Å². The number of halogens is 2. The van der Waals surface area contributed by atoms with E-state index >= 15 is 0 Å². The summed E-state index contributed by atoms with van der Waals surface area (Å²) >= 11 is 6.07. The van der Waals surface area contributed by atoms with Crippen LogP contribution in [0.25, 0.3) is 0 Å². The standard InChI is InChI=1S/C16H18ClFN4O/c1-11-9-21(13-5-3-4-12(18)8-13)6-7-22(11)16(23)15-14(17)10-20(2)19-15/h3-5,8,10-11H,6-7,9H2,1-2H3. The second-order valence-corrected chi connectivity index (χ2v) is 6.18. The van der Waals surface area contributed by atoms with Crippen molar-refractivity contribution in [2.24, 2.45) is 7.05 Å². The highest BCUT2D eigenvalue weighted by Crippen LogP contribution is 2.23. The molecule has 1 unspecified atom stereocenters. The lowest BCUT2D eigenvalue weighted by Crippen LogP contribution is -2.54. The maximum Gasteiger partial charge on any atom is 0.276 e. The number of hydrogen-bond donors (Lipinski definition) is 0. The van der Waals surface area contributed by atoms with Crippen molar-refractivity contribution in [2.45, 2.75) is 13.0 Å².